The number of allylic oxidation sites excluding steroid dienone is 1. The highest BCUT2D eigenvalue weighted by Crippen LogP contribution is 2.35. The van der Waals surface area contributed by atoms with Crippen molar-refractivity contribution in [2.45, 2.75) is 96.3 Å². The van der Waals surface area contributed by atoms with Gasteiger partial charge in [0.2, 0.25) is 0 Å². The van der Waals surface area contributed by atoms with E-state index in [0.29, 0.717) is 32.1 Å². The second-order valence-electron chi connectivity index (χ2n) is 8.92. The summed E-state index contributed by atoms with van der Waals surface area (Å²) in [6.45, 7) is 3.74. The number of carbonyl (C=O) groups excluding carboxylic acids is 4. The smallest absolute Gasteiger partial charge is 0.323 e. The van der Waals surface area contributed by atoms with E-state index in [4.69, 9.17) is 9.47 Å². The van der Waals surface area contributed by atoms with Gasteiger partial charge in [0.05, 0.1) is 28.4 Å². The molecule has 0 aliphatic rings. The molecule has 0 atom stereocenters. The molecule has 0 saturated heterocycles. The quantitative estimate of drug-likeness (QED) is 0.0688. The Morgan fingerprint density at radius 3 is 1.43 bits per heavy atom. The highest BCUT2D eigenvalue weighted by atomic mass is 16.6. The number of rotatable bonds is 21. The fourth-order valence-corrected chi connectivity index (χ4v) is 4.35. The molecule has 0 radical (unpaired) electrons. The number of ether oxygens (including phenoxy) is 4. The lowest BCUT2D eigenvalue weighted by Gasteiger charge is -2.28. The fourth-order valence-electron chi connectivity index (χ4n) is 4.35. The van der Waals surface area contributed by atoms with E-state index in [1.54, 1.807) is 0 Å². The normalized spacial score (nSPS) is 11.1. The molecular weight excluding hydrogens is 452 g/mol. The van der Waals surface area contributed by atoms with Crippen molar-refractivity contribution in [3.05, 3.63) is 12.7 Å². The van der Waals surface area contributed by atoms with Crippen LogP contribution in [-0.4, -0.2) is 52.3 Å². The molecule has 0 spiro atoms. The van der Waals surface area contributed by atoms with Crippen molar-refractivity contribution in [1.29, 1.82) is 0 Å². The summed E-state index contributed by atoms with van der Waals surface area (Å²) < 4.78 is 19.4. The number of esters is 4. The Balaban J connectivity index is 4.71. The van der Waals surface area contributed by atoms with Crippen LogP contribution < -0.4 is 0 Å². The molecule has 0 aromatic heterocycles. The van der Waals surface area contributed by atoms with Gasteiger partial charge in [-0.1, -0.05) is 70.3 Å². The number of carbonyl (C=O) groups is 4. The van der Waals surface area contributed by atoms with E-state index in [-0.39, 0.29) is 0 Å². The molecule has 0 N–H and O–H groups in total. The van der Waals surface area contributed by atoms with Crippen molar-refractivity contribution in [1.82, 2.24) is 0 Å². The number of hydrogen-bond acceptors (Lipinski definition) is 8. The predicted octanol–water partition coefficient (Wildman–Crippen LogP) is 5.32. The van der Waals surface area contributed by atoms with Gasteiger partial charge >= 0.3 is 23.9 Å². The summed E-state index contributed by atoms with van der Waals surface area (Å²) in [4.78, 5) is 48.9. The van der Waals surface area contributed by atoms with E-state index >= 15 is 0 Å². The van der Waals surface area contributed by atoms with Gasteiger partial charge in [-0.3, -0.25) is 19.2 Å². The summed E-state index contributed by atoms with van der Waals surface area (Å²) in [5, 5.41) is 0. The van der Waals surface area contributed by atoms with Gasteiger partial charge in [0.15, 0.2) is 11.3 Å². The van der Waals surface area contributed by atoms with Crippen molar-refractivity contribution in [3.63, 3.8) is 0 Å². The zero-order valence-electron chi connectivity index (χ0n) is 22.2. The van der Waals surface area contributed by atoms with Crippen LogP contribution >= 0.6 is 0 Å². The van der Waals surface area contributed by atoms with Gasteiger partial charge in [-0.15, -0.1) is 6.58 Å². The van der Waals surface area contributed by atoms with Crippen LogP contribution in [0.15, 0.2) is 12.7 Å². The summed E-state index contributed by atoms with van der Waals surface area (Å²) in [5.41, 5.74) is -1.30. The standard InChI is InChI=1S/C27H46O8/c1-6-7-8-9-10-11-12-14-17-20-27(25(30)34-4,26(31)35-5)21-18-15-13-16-19-22(23(28)32-2)24(29)33-3/h6,22H,1,7-21H2,2-5H3. The molecule has 35 heavy (non-hydrogen) atoms. The van der Waals surface area contributed by atoms with Crippen molar-refractivity contribution in [3.8, 4) is 0 Å². The highest BCUT2D eigenvalue weighted by molar-refractivity contribution is 6.00. The summed E-state index contributed by atoms with van der Waals surface area (Å²) in [7, 11) is 5.07. The van der Waals surface area contributed by atoms with Crippen molar-refractivity contribution < 1.29 is 38.1 Å². The summed E-state index contributed by atoms with van der Waals surface area (Å²) in [6.07, 6.45) is 14.2. The Hall–Kier alpha value is -2.38. The summed E-state index contributed by atoms with van der Waals surface area (Å²) in [6, 6.07) is 0. The lowest BCUT2D eigenvalue weighted by molar-refractivity contribution is -0.171. The predicted molar refractivity (Wildman–Crippen MR) is 133 cm³/mol. The van der Waals surface area contributed by atoms with E-state index in [1.165, 1.54) is 47.7 Å². The van der Waals surface area contributed by atoms with Crippen LogP contribution in [0.1, 0.15) is 96.3 Å². The molecule has 0 bridgehead atoms. The zero-order valence-corrected chi connectivity index (χ0v) is 22.2. The first-order chi connectivity index (χ1) is 16.8. The molecule has 0 heterocycles. The molecule has 0 aliphatic heterocycles. The molecule has 0 fully saturated rings. The molecule has 0 amide bonds. The third-order valence-electron chi connectivity index (χ3n) is 6.48. The molecule has 0 rings (SSSR count). The Morgan fingerprint density at radius 1 is 0.629 bits per heavy atom. The monoisotopic (exact) mass is 498 g/mol. The van der Waals surface area contributed by atoms with Crippen LogP contribution in [0.25, 0.3) is 0 Å². The number of hydrogen-bond donors (Lipinski definition) is 0. The first kappa shape index (κ1) is 32.6. The third-order valence-corrected chi connectivity index (χ3v) is 6.48. The van der Waals surface area contributed by atoms with Gasteiger partial charge in [-0.05, 0) is 32.1 Å². The van der Waals surface area contributed by atoms with Crippen LogP contribution in [0.4, 0.5) is 0 Å². The Labute approximate surface area is 211 Å². The van der Waals surface area contributed by atoms with Gasteiger partial charge in [0.25, 0.3) is 0 Å². The fraction of sp³-hybridized carbons (Fsp3) is 0.778. The maximum Gasteiger partial charge on any atom is 0.323 e. The molecule has 0 unspecified atom stereocenters. The topological polar surface area (TPSA) is 105 Å². The Morgan fingerprint density at radius 2 is 1.03 bits per heavy atom. The first-order valence-electron chi connectivity index (χ1n) is 12.8. The molecule has 0 aromatic carbocycles. The third kappa shape index (κ3) is 12.2. The van der Waals surface area contributed by atoms with Crippen molar-refractivity contribution in [2.75, 3.05) is 28.4 Å². The van der Waals surface area contributed by atoms with E-state index in [9.17, 15) is 19.2 Å². The molecule has 0 aliphatic carbocycles. The van der Waals surface area contributed by atoms with E-state index in [0.717, 1.165) is 44.9 Å². The largest absolute Gasteiger partial charge is 0.468 e. The number of unbranched alkanes of at least 4 members (excludes halogenated alkanes) is 10. The summed E-state index contributed by atoms with van der Waals surface area (Å²) in [5.74, 6) is -3.25. The van der Waals surface area contributed by atoms with Crippen molar-refractivity contribution >= 4 is 23.9 Å². The molecule has 0 aromatic rings. The Bertz CT molecular complexity index is 611. The SMILES string of the molecule is C=CCCCCCCCCCC(CCCCCCC(C(=O)OC)C(=O)OC)(C(=O)OC)C(=O)OC. The van der Waals surface area contributed by atoms with Gasteiger partial charge in [0.1, 0.15) is 0 Å². The van der Waals surface area contributed by atoms with E-state index < -0.39 is 35.2 Å². The molecular formula is C27H46O8. The van der Waals surface area contributed by atoms with E-state index in [2.05, 4.69) is 16.1 Å². The lowest BCUT2D eigenvalue weighted by atomic mass is 9.77. The van der Waals surface area contributed by atoms with Crippen LogP contribution in [0.5, 0.6) is 0 Å². The summed E-state index contributed by atoms with van der Waals surface area (Å²) >= 11 is 0. The second-order valence-corrected chi connectivity index (χ2v) is 8.92. The van der Waals surface area contributed by atoms with Crippen LogP contribution in [0, 0.1) is 11.3 Å². The molecule has 8 heteroatoms. The lowest BCUT2D eigenvalue weighted by Crippen LogP contribution is -2.41. The van der Waals surface area contributed by atoms with Crippen LogP contribution in [0.3, 0.4) is 0 Å². The number of methoxy groups -OCH3 is 4. The van der Waals surface area contributed by atoms with Crippen molar-refractivity contribution in [2.24, 2.45) is 11.3 Å². The zero-order chi connectivity index (χ0) is 26.5. The first-order valence-corrected chi connectivity index (χ1v) is 12.8. The van der Waals surface area contributed by atoms with Crippen LogP contribution in [0.2, 0.25) is 0 Å². The molecule has 0 saturated carbocycles. The van der Waals surface area contributed by atoms with Gasteiger partial charge in [-0.25, -0.2) is 0 Å². The van der Waals surface area contributed by atoms with Gasteiger partial charge in [-0.2, -0.15) is 0 Å². The second kappa shape index (κ2) is 19.9. The molecule has 8 nitrogen and oxygen atoms in total. The van der Waals surface area contributed by atoms with E-state index in [1.807, 2.05) is 6.08 Å². The highest BCUT2D eigenvalue weighted by Gasteiger charge is 2.47. The van der Waals surface area contributed by atoms with Gasteiger partial charge in [0, 0.05) is 0 Å². The molecule has 202 valence electrons. The minimum Gasteiger partial charge on any atom is -0.468 e. The Kier molecular flexibility index (Phi) is 18.5. The average molecular weight is 499 g/mol. The minimum atomic E-state index is -1.30. The average Bonchev–Trinajstić information content (AvgIpc) is 2.88. The maximum absolute atomic E-state index is 12.7. The minimum absolute atomic E-state index is 0.325. The van der Waals surface area contributed by atoms with Crippen LogP contribution in [-0.2, 0) is 38.1 Å². The maximum atomic E-state index is 12.7. The van der Waals surface area contributed by atoms with Gasteiger partial charge < -0.3 is 18.9 Å².